The first-order valence-corrected chi connectivity index (χ1v) is 7.50. The molecule has 2 N–H and O–H groups in total. The zero-order valence-electron chi connectivity index (χ0n) is 12.5. The quantitative estimate of drug-likeness (QED) is 0.887. The smallest absolute Gasteiger partial charge is 0.224 e. The van der Waals surface area contributed by atoms with E-state index in [0.29, 0.717) is 12.3 Å². The predicted octanol–water partition coefficient (Wildman–Crippen LogP) is 2.59. The Morgan fingerprint density at radius 3 is 2.70 bits per heavy atom. The van der Waals surface area contributed by atoms with E-state index in [2.05, 4.69) is 12.2 Å². The molecule has 0 aromatic heterocycles. The number of benzene rings is 1. The van der Waals surface area contributed by atoms with Crippen molar-refractivity contribution in [2.75, 3.05) is 6.61 Å². The largest absolute Gasteiger partial charge is 0.394 e. The number of rotatable bonds is 4. The lowest BCUT2D eigenvalue weighted by atomic mass is 9.76. The fourth-order valence-corrected chi connectivity index (χ4v) is 3.19. The minimum Gasteiger partial charge on any atom is -0.394 e. The highest BCUT2D eigenvalue weighted by Gasteiger charge is 2.35. The van der Waals surface area contributed by atoms with Crippen LogP contribution in [0.1, 0.15) is 43.7 Å². The number of carbonyl (C=O) groups excluding carboxylic acids is 1. The van der Waals surface area contributed by atoms with Crippen molar-refractivity contribution in [3.05, 3.63) is 35.4 Å². The average molecular weight is 275 g/mol. The standard InChI is InChI=1S/C17H25NO2/c1-13-5-7-15(8-6-13)10-16(20)18-17(12-19)9-3-4-14(2)11-17/h5-8,14,19H,3-4,9-12H2,1-2H3,(H,18,20). The normalized spacial score (nSPS) is 26.2. The number of hydrogen-bond donors (Lipinski definition) is 2. The number of carbonyl (C=O) groups is 1. The molecule has 1 aromatic carbocycles. The van der Waals surface area contributed by atoms with Crippen LogP contribution in [0.4, 0.5) is 0 Å². The Kier molecular flexibility index (Phi) is 4.81. The Hall–Kier alpha value is -1.35. The van der Waals surface area contributed by atoms with Gasteiger partial charge in [0.15, 0.2) is 0 Å². The topological polar surface area (TPSA) is 49.3 Å². The predicted molar refractivity (Wildman–Crippen MR) is 80.5 cm³/mol. The lowest BCUT2D eigenvalue weighted by Crippen LogP contribution is -2.54. The van der Waals surface area contributed by atoms with Crippen molar-refractivity contribution in [1.82, 2.24) is 5.32 Å². The van der Waals surface area contributed by atoms with Crippen molar-refractivity contribution >= 4 is 5.91 Å². The summed E-state index contributed by atoms with van der Waals surface area (Å²) >= 11 is 0. The molecule has 0 aliphatic heterocycles. The van der Waals surface area contributed by atoms with Gasteiger partial charge in [-0.3, -0.25) is 4.79 Å². The zero-order valence-corrected chi connectivity index (χ0v) is 12.5. The molecule has 1 saturated carbocycles. The van der Waals surface area contributed by atoms with Crippen LogP contribution in [-0.4, -0.2) is 23.2 Å². The molecule has 2 unspecified atom stereocenters. The fourth-order valence-electron chi connectivity index (χ4n) is 3.19. The van der Waals surface area contributed by atoms with Crippen LogP contribution in [0, 0.1) is 12.8 Å². The van der Waals surface area contributed by atoms with E-state index in [0.717, 1.165) is 24.8 Å². The molecule has 1 aliphatic rings. The summed E-state index contributed by atoms with van der Waals surface area (Å²) in [6.07, 6.45) is 4.41. The second-order valence-corrected chi connectivity index (χ2v) is 6.35. The van der Waals surface area contributed by atoms with Gasteiger partial charge in [-0.2, -0.15) is 0 Å². The molecular weight excluding hydrogens is 250 g/mol. The molecule has 0 heterocycles. The van der Waals surface area contributed by atoms with E-state index in [-0.39, 0.29) is 12.5 Å². The van der Waals surface area contributed by atoms with E-state index in [9.17, 15) is 9.90 Å². The van der Waals surface area contributed by atoms with Gasteiger partial charge in [-0.1, -0.05) is 49.6 Å². The molecule has 1 aliphatic carbocycles. The molecule has 0 saturated heterocycles. The monoisotopic (exact) mass is 275 g/mol. The Morgan fingerprint density at radius 1 is 1.40 bits per heavy atom. The van der Waals surface area contributed by atoms with Gasteiger partial charge < -0.3 is 10.4 Å². The highest BCUT2D eigenvalue weighted by molar-refractivity contribution is 5.79. The van der Waals surface area contributed by atoms with Gasteiger partial charge in [0, 0.05) is 0 Å². The van der Waals surface area contributed by atoms with E-state index >= 15 is 0 Å². The van der Waals surface area contributed by atoms with Crippen molar-refractivity contribution in [1.29, 1.82) is 0 Å². The van der Waals surface area contributed by atoms with Crippen LogP contribution in [-0.2, 0) is 11.2 Å². The Morgan fingerprint density at radius 2 is 2.10 bits per heavy atom. The minimum absolute atomic E-state index is 0.0111. The van der Waals surface area contributed by atoms with Gasteiger partial charge in [0.2, 0.25) is 5.91 Å². The first kappa shape index (κ1) is 15.0. The maximum Gasteiger partial charge on any atom is 0.224 e. The van der Waals surface area contributed by atoms with Gasteiger partial charge in [-0.05, 0) is 31.2 Å². The van der Waals surface area contributed by atoms with Gasteiger partial charge in [0.25, 0.3) is 0 Å². The number of aliphatic hydroxyl groups excluding tert-OH is 1. The summed E-state index contributed by atoms with van der Waals surface area (Å²) in [6.45, 7) is 4.26. The zero-order chi connectivity index (χ0) is 14.6. The van der Waals surface area contributed by atoms with E-state index in [1.54, 1.807) is 0 Å². The molecule has 0 radical (unpaired) electrons. The Balaban J connectivity index is 1.97. The highest BCUT2D eigenvalue weighted by atomic mass is 16.3. The van der Waals surface area contributed by atoms with Crippen LogP contribution in [0.3, 0.4) is 0 Å². The Bertz CT molecular complexity index is 455. The van der Waals surface area contributed by atoms with Crippen molar-refractivity contribution in [3.8, 4) is 0 Å². The van der Waals surface area contributed by atoms with Gasteiger partial charge in [0.1, 0.15) is 0 Å². The van der Waals surface area contributed by atoms with Crippen molar-refractivity contribution < 1.29 is 9.90 Å². The molecule has 1 fully saturated rings. The van der Waals surface area contributed by atoms with Crippen LogP contribution in [0.15, 0.2) is 24.3 Å². The molecule has 110 valence electrons. The number of amides is 1. The molecule has 2 rings (SSSR count). The minimum atomic E-state index is -0.403. The van der Waals surface area contributed by atoms with Crippen LogP contribution in [0.25, 0.3) is 0 Å². The van der Waals surface area contributed by atoms with Crippen molar-refractivity contribution in [2.24, 2.45) is 5.92 Å². The molecule has 0 bridgehead atoms. The third-order valence-corrected chi connectivity index (χ3v) is 4.28. The highest BCUT2D eigenvalue weighted by Crippen LogP contribution is 2.32. The molecule has 2 atom stereocenters. The fraction of sp³-hybridized carbons (Fsp3) is 0.588. The molecule has 1 amide bonds. The van der Waals surface area contributed by atoms with Crippen molar-refractivity contribution in [2.45, 2.75) is 51.5 Å². The van der Waals surface area contributed by atoms with E-state index in [1.165, 1.54) is 12.0 Å². The van der Waals surface area contributed by atoms with Crippen LogP contribution in [0.2, 0.25) is 0 Å². The maximum absolute atomic E-state index is 12.2. The summed E-state index contributed by atoms with van der Waals surface area (Å²) in [5, 5.41) is 12.8. The first-order valence-electron chi connectivity index (χ1n) is 7.50. The van der Waals surface area contributed by atoms with Gasteiger partial charge in [0.05, 0.1) is 18.6 Å². The second-order valence-electron chi connectivity index (χ2n) is 6.35. The molecule has 1 aromatic rings. The van der Waals surface area contributed by atoms with Crippen LogP contribution < -0.4 is 5.32 Å². The third-order valence-electron chi connectivity index (χ3n) is 4.28. The summed E-state index contributed by atoms with van der Waals surface area (Å²) in [5.74, 6) is 0.576. The van der Waals surface area contributed by atoms with Crippen LogP contribution in [0.5, 0.6) is 0 Å². The first-order chi connectivity index (χ1) is 9.53. The SMILES string of the molecule is Cc1ccc(CC(=O)NC2(CO)CCCC(C)C2)cc1. The lowest BCUT2D eigenvalue weighted by Gasteiger charge is -2.39. The van der Waals surface area contributed by atoms with E-state index in [4.69, 9.17) is 0 Å². The number of nitrogens with one attached hydrogen (secondary N) is 1. The van der Waals surface area contributed by atoms with Gasteiger partial charge >= 0.3 is 0 Å². The van der Waals surface area contributed by atoms with Gasteiger partial charge in [-0.15, -0.1) is 0 Å². The number of hydrogen-bond acceptors (Lipinski definition) is 2. The molecule has 3 nitrogen and oxygen atoms in total. The summed E-state index contributed by atoms with van der Waals surface area (Å²) < 4.78 is 0. The summed E-state index contributed by atoms with van der Waals surface area (Å²) in [6, 6.07) is 8.02. The molecule has 3 heteroatoms. The number of aryl methyl sites for hydroxylation is 1. The summed E-state index contributed by atoms with van der Waals surface area (Å²) in [7, 11) is 0. The van der Waals surface area contributed by atoms with E-state index in [1.807, 2.05) is 31.2 Å². The third kappa shape index (κ3) is 3.83. The number of aliphatic hydroxyl groups is 1. The van der Waals surface area contributed by atoms with Crippen molar-refractivity contribution in [3.63, 3.8) is 0 Å². The Labute approximate surface area is 121 Å². The van der Waals surface area contributed by atoms with Crippen LogP contribution >= 0.6 is 0 Å². The summed E-state index contributed by atoms with van der Waals surface area (Å²) in [5.41, 5.74) is 1.81. The molecule has 0 spiro atoms. The van der Waals surface area contributed by atoms with Gasteiger partial charge in [-0.25, -0.2) is 0 Å². The second kappa shape index (κ2) is 6.40. The maximum atomic E-state index is 12.2. The summed E-state index contributed by atoms with van der Waals surface area (Å²) in [4.78, 5) is 12.2. The average Bonchev–Trinajstić information content (AvgIpc) is 2.41. The lowest BCUT2D eigenvalue weighted by molar-refractivity contribution is -0.123. The molecule has 20 heavy (non-hydrogen) atoms. The molecular formula is C17H25NO2. The van der Waals surface area contributed by atoms with E-state index < -0.39 is 5.54 Å².